The van der Waals surface area contributed by atoms with Crippen molar-refractivity contribution in [3.8, 4) is 11.3 Å². The third kappa shape index (κ3) is 4.05. The molecule has 0 radical (unpaired) electrons. The van der Waals surface area contributed by atoms with Crippen LogP contribution >= 0.6 is 23.1 Å². The quantitative estimate of drug-likeness (QED) is 0.574. The Morgan fingerprint density at radius 2 is 2.14 bits per heavy atom. The van der Waals surface area contributed by atoms with Crippen molar-refractivity contribution in [1.82, 2.24) is 19.7 Å². The number of rotatable bonds is 7. The number of hydrogen-bond acceptors (Lipinski definition) is 6. The highest BCUT2D eigenvalue weighted by Gasteiger charge is 2.30. The Morgan fingerprint density at radius 3 is 2.82 bits per heavy atom. The van der Waals surface area contributed by atoms with Crippen LogP contribution in [0, 0.1) is 0 Å². The molecule has 2 aromatic heterocycles. The first-order valence-corrected chi connectivity index (χ1v) is 11.0. The molecule has 3 aromatic rings. The Morgan fingerprint density at radius 1 is 1.39 bits per heavy atom. The normalized spacial score (nSPS) is 14.8. The van der Waals surface area contributed by atoms with Gasteiger partial charge in [0.15, 0.2) is 10.3 Å². The monoisotopic (exact) mass is 415 g/mol. The summed E-state index contributed by atoms with van der Waals surface area (Å²) in [7, 11) is 0. The number of benzene rings is 1. The van der Waals surface area contributed by atoms with Crippen molar-refractivity contribution in [3.05, 3.63) is 45.7 Å². The minimum atomic E-state index is -0.399. The number of aromatic amines is 1. The van der Waals surface area contributed by atoms with Gasteiger partial charge in [-0.25, -0.2) is 14.9 Å². The number of H-pyrrole nitrogens is 1. The first-order valence-electron chi connectivity index (χ1n) is 9.24. The van der Waals surface area contributed by atoms with E-state index in [-0.39, 0.29) is 17.6 Å². The zero-order chi connectivity index (χ0) is 19.7. The Kier molecular flexibility index (Phi) is 5.36. The van der Waals surface area contributed by atoms with Gasteiger partial charge in [0.2, 0.25) is 5.91 Å². The van der Waals surface area contributed by atoms with Crippen LogP contribution in [0.15, 0.2) is 39.6 Å². The molecule has 2 heterocycles. The van der Waals surface area contributed by atoms with Gasteiger partial charge in [-0.1, -0.05) is 43.0 Å². The number of hydrogen-bond donors (Lipinski definition) is 2. The zero-order valence-electron chi connectivity index (χ0n) is 15.6. The molecule has 146 valence electrons. The SMILES string of the molecule is CCc1ccc(-c2csc(NC(=O)[C@@H](C)Sc3n[nH]c(=O)n3C3CC3)n2)cc1. The maximum Gasteiger partial charge on any atom is 0.344 e. The Labute approximate surface area is 170 Å². The van der Waals surface area contributed by atoms with Gasteiger partial charge in [-0.05, 0) is 31.7 Å². The molecular weight excluding hydrogens is 394 g/mol. The van der Waals surface area contributed by atoms with Crippen molar-refractivity contribution in [1.29, 1.82) is 0 Å². The molecule has 1 fully saturated rings. The van der Waals surface area contributed by atoms with Gasteiger partial charge in [0.1, 0.15) is 0 Å². The number of nitrogens with zero attached hydrogens (tertiary/aromatic N) is 3. The van der Waals surface area contributed by atoms with Gasteiger partial charge in [-0.3, -0.25) is 9.36 Å². The molecule has 0 saturated heterocycles. The molecule has 1 saturated carbocycles. The van der Waals surface area contributed by atoms with Gasteiger partial charge in [0, 0.05) is 17.0 Å². The van der Waals surface area contributed by atoms with Crippen molar-refractivity contribution in [2.45, 2.75) is 49.6 Å². The van der Waals surface area contributed by atoms with Crippen LogP contribution < -0.4 is 11.0 Å². The van der Waals surface area contributed by atoms with Gasteiger partial charge in [0.25, 0.3) is 0 Å². The van der Waals surface area contributed by atoms with Gasteiger partial charge in [-0.2, -0.15) is 0 Å². The average molecular weight is 416 g/mol. The number of carbonyl (C=O) groups is 1. The molecule has 0 unspecified atom stereocenters. The molecule has 7 nitrogen and oxygen atoms in total. The lowest BCUT2D eigenvalue weighted by atomic mass is 10.1. The lowest BCUT2D eigenvalue weighted by molar-refractivity contribution is -0.115. The van der Waals surface area contributed by atoms with Crippen LogP contribution in [0.1, 0.15) is 38.3 Å². The molecule has 0 aliphatic heterocycles. The fourth-order valence-electron chi connectivity index (χ4n) is 2.82. The third-order valence-corrected chi connectivity index (χ3v) is 6.45. The summed E-state index contributed by atoms with van der Waals surface area (Å²) in [4.78, 5) is 28.9. The van der Waals surface area contributed by atoms with Gasteiger partial charge in [0.05, 0.1) is 10.9 Å². The molecule has 9 heteroatoms. The number of amides is 1. The molecule has 2 N–H and O–H groups in total. The predicted molar refractivity (Wildman–Crippen MR) is 112 cm³/mol. The molecule has 0 spiro atoms. The fourth-order valence-corrected chi connectivity index (χ4v) is 4.47. The van der Waals surface area contributed by atoms with E-state index >= 15 is 0 Å². The first kappa shape index (κ1) is 18.9. The lowest BCUT2D eigenvalue weighted by Crippen LogP contribution is -2.23. The summed E-state index contributed by atoms with van der Waals surface area (Å²) in [6, 6.07) is 8.49. The molecule has 0 bridgehead atoms. The highest BCUT2D eigenvalue weighted by Crippen LogP contribution is 2.37. The summed E-state index contributed by atoms with van der Waals surface area (Å²) in [5, 5.41) is 12.1. The van der Waals surface area contributed by atoms with Gasteiger partial charge in [-0.15, -0.1) is 16.4 Å². The largest absolute Gasteiger partial charge is 0.344 e. The van der Waals surface area contributed by atoms with Crippen LogP contribution in [0.5, 0.6) is 0 Å². The standard InChI is InChI=1S/C19H21N5O2S2/c1-3-12-4-6-13(7-5-12)15-10-27-17(20-15)21-16(25)11(2)28-19-23-22-18(26)24(19)14-8-9-14/h4-7,10-11,14H,3,8-9H2,1-2H3,(H,22,26)(H,20,21,25)/t11-/m1/s1. The Bertz CT molecular complexity index is 1030. The van der Waals surface area contributed by atoms with Crippen molar-refractivity contribution in [2.75, 3.05) is 5.32 Å². The third-order valence-electron chi connectivity index (χ3n) is 4.63. The zero-order valence-corrected chi connectivity index (χ0v) is 17.3. The number of carbonyl (C=O) groups excluding carboxylic acids is 1. The summed E-state index contributed by atoms with van der Waals surface area (Å²) < 4.78 is 1.65. The number of nitrogens with one attached hydrogen (secondary N) is 2. The lowest BCUT2D eigenvalue weighted by Gasteiger charge is -2.10. The van der Waals surface area contributed by atoms with Crippen LogP contribution in [-0.4, -0.2) is 30.9 Å². The summed E-state index contributed by atoms with van der Waals surface area (Å²) in [5.41, 5.74) is 2.94. The van der Waals surface area contributed by atoms with Crippen molar-refractivity contribution in [2.24, 2.45) is 0 Å². The molecule has 1 aromatic carbocycles. The average Bonchev–Trinajstić information content (AvgIpc) is 3.32. The van der Waals surface area contributed by atoms with E-state index < -0.39 is 5.25 Å². The second-order valence-corrected chi connectivity index (χ2v) is 8.92. The van der Waals surface area contributed by atoms with Crippen LogP contribution in [0.3, 0.4) is 0 Å². The second kappa shape index (κ2) is 7.92. The number of anilines is 1. The van der Waals surface area contributed by atoms with Crippen LogP contribution in [0.25, 0.3) is 11.3 Å². The van der Waals surface area contributed by atoms with E-state index in [1.54, 1.807) is 11.5 Å². The molecule has 1 aliphatic carbocycles. The van der Waals surface area contributed by atoms with E-state index in [1.165, 1.54) is 28.7 Å². The van der Waals surface area contributed by atoms with Crippen molar-refractivity contribution < 1.29 is 4.79 Å². The summed E-state index contributed by atoms with van der Waals surface area (Å²) >= 11 is 2.68. The van der Waals surface area contributed by atoms with Gasteiger partial charge >= 0.3 is 5.69 Å². The van der Waals surface area contributed by atoms with Crippen LogP contribution in [0.2, 0.25) is 0 Å². The van der Waals surface area contributed by atoms with Crippen molar-refractivity contribution in [3.63, 3.8) is 0 Å². The molecule has 28 heavy (non-hydrogen) atoms. The van der Waals surface area contributed by atoms with E-state index in [4.69, 9.17) is 0 Å². The minimum Gasteiger partial charge on any atom is -0.301 e. The van der Waals surface area contributed by atoms with E-state index in [2.05, 4.69) is 39.6 Å². The predicted octanol–water partition coefficient (Wildman–Crippen LogP) is 3.71. The molecule has 4 rings (SSSR count). The summed E-state index contributed by atoms with van der Waals surface area (Å²) in [6.45, 7) is 3.92. The van der Waals surface area contributed by atoms with E-state index in [0.717, 1.165) is 30.5 Å². The van der Waals surface area contributed by atoms with E-state index in [1.807, 2.05) is 17.5 Å². The Balaban J connectivity index is 1.41. The van der Waals surface area contributed by atoms with Gasteiger partial charge < -0.3 is 5.32 Å². The second-order valence-electron chi connectivity index (χ2n) is 6.75. The first-order chi connectivity index (χ1) is 13.5. The smallest absolute Gasteiger partial charge is 0.301 e. The number of thiazole rings is 1. The number of aromatic nitrogens is 4. The molecule has 1 atom stereocenters. The highest BCUT2D eigenvalue weighted by molar-refractivity contribution is 8.00. The van der Waals surface area contributed by atoms with E-state index in [0.29, 0.717) is 10.3 Å². The maximum atomic E-state index is 12.6. The van der Waals surface area contributed by atoms with E-state index in [9.17, 15) is 9.59 Å². The topological polar surface area (TPSA) is 92.7 Å². The molecular formula is C19H21N5O2S2. The van der Waals surface area contributed by atoms with Crippen LogP contribution in [0.4, 0.5) is 5.13 Å². The highest BCUT2D eigenvalue weighted by atomic mass is 32.2. The molecule has 1 amide bonds. The Hall–Kier alpha value is -2.39. The maximum absolute atomic E-state index is 12.6. The molecule has 1 aliphatic rings. The van der Waals surface area contributed by atoms with Crippen LogP contribution in [-0.2, 0) is 11.2 Å². The number of aryl methyl sites for hydroxylation is 1. The fraction of sp³-hybridized carbons (Fsp3) is 0.368. The minimum absolute atomic E-state index is 0.162. The summed E-state index contributed by atoms with van der Waals surface area (Å²) in [6.07, 6.45) is 2.96. The van der Waals surface area contributed by atoms with Crippen molar-refractivity contribution >= 4 is 34.1 Å². The summed E-state index contributed by atoms with van der Waals surface area (Å²) in [5.74, 6) is -0.162. The number of thioether (sulfide) groups is 1.